The van der Waals surface area contributed by atoms with E-state index in [0.29, 0.717) is 0 Å². The van der Waals surface area contributed by atoms with Gasteiger partial charge >= 0.3 is 0 Å². The van der Waals surface area contributed by atoms with E-state index in [0.717, 1.165) is 15.4 Å². The smallest absolute Gasteiger partial charge is 0.238 e. The fourth-order valence-electron chi connectivity index (χ4n) is 1.27. The summed E-state index contributed by atoms with van der Waals surface area (Å²) in [5, 5.41) is 14.0. The molecule has 0 saturated carbocycles. The first-order valence-electron chi connectivity index (χ1n) is 3.50. The maximum atomic E-state index is 9.36. The first-order valence-corrected chi connectivity index (χ1v) is 4.29. The van der Waals surface area contributed by atoms with Crippen molar-refractivity contribution in [2.24, 2.45) is 7.05 Å². The van der Waals surface area contributed by atoms with Gasteiger partial charge in [0.15, 0.2) is 0 Å². The average molecular weight is 227 g/mol. The van der Waals surface area contributed by atoms with Crippen LogP contribution in [-0.4, -0.2) is 14.9 Å². The second-order valence-corrected chi connectivity index (χ2v) is 3.44. The van der Waals surface area contributed by atoms with Crippen LogP contribution in [0.25, 0.3) is 10.9 Å². The van der Waals surface area contributed by atoms with E-state index in [1.165, 1.54) is 0 Å². The van der Waals surface area contributed by atoms with Gasteiger partial charge in [0.1, 0.15) is 0 Å². The number of para-hydroxylation sites is 1. The number of aromatic hydroxyl groups is 1. The maximum absolute atomic E-state index is 9.36. The maximum Gasteiger partial charge on any atom is 0.238 e. The molecule has 62 valence electrons. The zero-order valence-corrected chi connectivity index (χ0v) is 8.04. The average Bonchev–Trinajstić information content (AvgIpc) is 2.29. The molecule has 0 amide bonds. The molecule has 0 radical (unpaired) electrons. The number of halogens is 1. The van der Waals surface area contributed by atoms with Crippen molar-refractivity contribution in [3.63, 3.8) is 0 Å². The molecule has 4 heteroatoms. The molecule has 0 fully saturated rings. The number of aryl methyl sites for hydroxylation is 1. The largest absolute Gasteiger partial charge is 0.492 e. The van der Waals surface area contributed by atoms with Crippen molar-refractivity contribution in [1.29, 1.82) is 0 Å². The summed E-state index contributed by atoms with van der Waals surface area (Å²) in [5.41, 5.74) is 0.912. The van der Waals surface area contributed by atoms with E-state index in [2.05, 4.69) is 21.0 Å². The quantitative estimate of drug-likeness (QED) is 0.747. The number of rotatable bonds is 0. The minimum absolute atomic E-state index is 0.0776. The van der Waals surface area contributed by atoms with E-state index >= 15 is 0 Å². The Morgan fingerprint density at radius 3 is 2.92 bits per heavy atom. The molecular formula is C8H7BrN2O. The molecule has 1 aromatic heterocycles. The van der Waals surface area contributed by atoms with Crippen molar-refractivity contribution in [2.45, 2.75) is 0 Å². The molecule has 0 aliphatic rings. The van der Waals surface area contributed by atoms with Crippen LogP contribution < -0.4 is 0 Å². The van der Waals surface area contributed by atoms with Gasteiger partial charge in [-0.15, -0.1) is 5.10 Å². The lowest BCUT2D eigenvalue weighted by molar-refractivity contribution is 0.449. The van der Waals surface area contributed by atoms with Crippen LogP contribution >= 0.6 is 15.9 Å². The van der Waals surface area contributed by atoms with Gasteiger partial charge in [-0.3, -0.25) is 4.68 Å². The van der Waals surface area contributed by atoms with Gasteiger partial charge in [-0.05, 0) is 28.1 Å². The Hall–Kier alpha value is -1.03. The highest BCUT2D eigenvalue weighted by Crippen LogP contribution is 2.28. The molecule has 1 aromatic carbocycles. The first-order chi connectivity index (χ1) is 5.70. The standard InChI is InChI=1S/C8H7BrN2O/c1-11-7-5(8(12)10-11)3-2-4-6(7)9/h2-4H,1H3,(H,10,12). The molecule has 0 saturated heterocycles. The molecule has 0 atom stereocenters. The lowest BCUT2D eigenvalue weighted by atomic mass is 10.2. The Morgan fingerprint density at radius 2 is 2.25 bits per heavy atom. The van der Waals surface area contributed by atoms with Crippen LogP contribution in [0.4, 0.5) is 0 Å². The number of hydrogen-bond donors (Lipinski definition) is 1. The van der Waals surface area contributed by atoms with Gasteiger partial charge in [-0.1, -0.05) is 6.07 Å². The van der Waals surface area contributed by atoms with Crippen LogP contribution in [0.2, 0.25) is 0 Å². The van der Waals surface area contributed by atoms with E-state index in [1.54, 1.807) is 11.7 Å². The van der Waals surface area contributed by atoms with E-state index < -0.39 is 0 Å². The second-order valence-electron chi connectivity index (χ2n) is 2.58. The van der Waals surface area contributed by atoms with Gasteiger partial charge in [0.25, 0.3) is 0 Å². The summed E-state index contributed by atoms with van der Waals surface area (Å²) in [4.78, 5) is 0. The third-order valence-electron chi connectivity index (χ3n) is 1.80. The highest BCUT2D eigenvalue weighted by Gasteiger charge is 2.08. The number of benzene rings is 1. The van der Waals surface area contributed by atoms with Gasteiger partial charge < -0.3 is 5.11 Å². The van der Waals surface area contributed by atoms with Crippen molar-refractivity contribution in [3.8, 4) is 5.88 Å². The van der Waals surface area contributed by atoms with Crippen LogP contribution in [0.3, 0.4) is 0 Å². The molecule has 0 bridgehead atoms. The number of hydrogen-bond acceptors (Lipinski definition) is 2. The van der Waals surface area contributed by atoms with Gasteiger partial charge in [0.2, 0.25) is 5.88 Å². The van der Waals surface area contributed by atoms with Crippen molar-refractivity contribution in [1.82, 2.24) is 9.78 Å². The first kappa shape index (κ1) is 7.61. The highest BCUT2D eigenvalue weighted by molar-refractivity contribution is 9.10. The van der Waals surface area contributed by atoms with E-state index in [1.807, 2.05) is 18.2 Å². The lowest BCUT2D eigenvalue weighted by Gasteiger charge is -1.94. The fourth-order valence-corrected chi connectivity index (χ4v) is 1.89. The van der Waals surface area contributed by atoms with Crippen LogP contribution in [0.15, 0.2) is 22.7 Å². The summed E-state index contributed by atoms with van der Waals surface area (Å²) in [7, 11) is 1.80. The minimum atomic E-state index is 0.0776. The summed E-state index contributed by atoms with van der Waals surface area (Å²) in [5.74, 6) is 0.0776. The molecule has 1 N–H and O–H groups in total. The number of nitrogens with zero attached hydrogens (tertiary/aromatic N) is 2. The summed E-state index contributed by atoms with van der Waals surface area (Å²) in [6.07, 6.45) is 0. The number of aromatic nitrogens is 2. The molecule has 3 nitrogen and oxygen atoms in total. The van der Waals surface area contributed by atoms with Crippen LogP contribution in [-0.2, 0) is 7.05 Å². The highest BCUT2D eigenvalue weighted by atomic mass is 79.9. The van der Waals surface area contributed by atoms with Crippen molar-refractivity contribution >= 4 is 26.8 Å². The van der Waals surface area contributed by atoms with E-state index in [4.69, 9.17) is 0 Å². The third kappa shape index (κ3) is 0.914. The Morgan fingerprint density at radius 1 is 1.50 bits per heavy atom. The van der Waals surface area contributed by atoms with Crippen LogP contribution in [0, 0.1) is 0 Å². The van der Waals surface area contributed by atoms with Crippen LogP contribution in [0.5, 0.6) is 5.88 Å². The Kier molecular flexibility index (Phi) is 1.58. The molecular weight excluding hydrogens is 220 g/mol. The molecule has 0 unspecified atom stereocenters. The van der Waals surface area contributed by atoms with Crippen LogP contribution in [0.1, 0.15) is 0 Å². The second kappa shape index (κ2) is 2.48. The number of fused-ring (bicyclic) bond motifs is 1. The summed E-state index contributed by atoms with van der Waals surface area (Å²) in [6.45, 7) is 0. The van der Waals surface area contributed by atoms with E-state index in [9.17, 15) is 5.11 Å². The fraction of sp³-hybridized carbons (Fsp3) is 0.125. The van der Waals surface area contributed by atoms with Gasteiger partial charge in [-0.2, -0.15) is 0 Å². The topological polar surface area (TPSA) is 38.0 Å². The molecule has 0 aliphatic heterocycles. The Labute approximate surface area is 77.7 Å². The van der Waals surface area contributed by atoms with Gasteiger partial charge in [0.05, 0.1) is 10.9 Å². The molecule has 12 heavy (non-hydrogen) atoms. The predicted molar refractivity (Wildman–Crippen MR) is 50.1 cm³/mol. The molecule has 2 aromatic rings. The van der Waals surface area contributed by atoms with Crippen molar-refractivity contribution in [3.05, 3.63) is 22.7 Å². The molecule has 2 rings (SSSR count). The summed E-state index contributed by atoms with van der Waals surface area (Å²) < 4.78 is 2.59. The summed E-state index contributed by atoms with van der Waals surface area (Å²) >= 11 is 3.39. The van der Waals surface area contributed by atoms with Crippen molar-refractivity contribution in [2.75, 3.05) is 0 Å². The van der Waals surface area contributed by atoms with Gasteiger partial charge in [0, 0.05) is 11.5 Å². The molecule has 0 aliphatic carbocycles. The monoisotopic (exact) mass is 226 g/mol. The lowest BCUT2D eigenvalue weighted by Crippen LogP contribution is -1.89. The van der Waals surface area contributed by atoms with Gasteiger partial charge in [-0.25, -0.2) is 0 Å². The summed E-state index contributed by atoms with van der Waals surface area (Å²) in [6, 6.07) is 5.62. The third-order valence-corrected chi connectivity index (χ3v) is 2.44. The molecule has 0 spiro atoms. The molecule has 1 heterocycles. The normalized spacial score (nSPS) is 10.8. The minimum Gasteiger partial charge on any atom is -0.492 e. The van der Waals surface area contributed by atoms with Crippen molar-refractivity contribution < 1.29 is 5.11 Å². The Balaban J connectivity index is 2.99. The Bertz CT molecular complexity index is 436. The van der Waals surface area contributed by atoms with E-state index in [-0.39, 0.29) is 5.88 Å². The predicted octanol–water partition coefficient (Wildman–Crippen LogP) is 2.04. The SMILES string of the molecule is Cn1nc(O)c2cccc(Br)c21. The zero-order chi connectivity index (χ0) is 8.72. The zero-order valence-electron chi connectivity index (χ0n) is 6.45.